The highest BCUT2D eigenvalue weighted by Crippen LogP contribution is 2.39. The molecule has 0 aliphatic carbocycles. The summed E-state index contributed by atoms with van der Waals surface area (Å²) < 4.78 is 40.5. The molecule has 0 amide bonds. The molecule has 0 bridgehead atoms. The molecule has 3 nitrogen and oxygen atoms in total. The Balaban J connectivity index is 2.16. The molecule has 1 N–H and O–H groups in total. The first-order chi connectivity index (χ1) is 10.4. The average molecular weight is 330 g/mol. The van der Waals surface area contributed by atoms with Crippen LogP contribution in [0.4, 0.5) is 19.0 Å². The summed E-state index contributed by atoms with van der Waals surface area (Å²) in [5.74, 6) is 0.862. The average Bonchev–Trinajstić information content (AvgIpc) is 2.64. The van der Waals surface area contributed by atoms with Crippen LogP contribution in [0.25, 0.3) is 11.3 Å². The first-order valence-electron chi connectivity index (χ1n) is 7.05. The monoisotopic (exact) mass is 329 g/mol. The minimum atomic E-state index is -4.40. The molecule has 1 aliphatic heterocycles. The van der Waals surface area contributed by atoms with E-state index in [1.54, 1.807) is 11.7 Å². The Labute approximate surface area is 131 Å². The molecule has 1 aliphatic rings. The van der Waals surface area contributed by atoms with E-state index in [0.717, 1.165) is 49.3 Å². The molecule has 118 valence electrons. The quantitative estimate of drug-likeness (QED) is 0.834. The number of halogens is 4. The Bertz CT molecular complexity index is 707. The predicted octanol–water partition coefficient (Wildman–Crippen LogP) is 4.51. The molecule has 0 atom stereocenters. The van der Waals surface area contributed by atoms with E-state index in [1.165, 1.54) is 6.07 Å². The van der Waals surface area contributed by atoms with E-state index < -0.39 is 11.7 Å². The van der Waals surface area contributed by atoms with Gasteiger partial charge in [-0.3, -0.25) is 4.68 Å². The molecule has 1 aromatic carbocycles. The molecule has 0 fully saturated rings. The van der Waals surface area contributed by atoms with Crippen LogP contribution in [0.3, 0.4) is 0 Å². The van der Waals surface area contributed by atoms with Gasteiger partial charge in [-0.2, -0.15) is 18.3 Å². The van der Waals surface area contributed by atoms with Gasteiger partial charge in [0.1, 0.15) is 5.82 Å². The van der Waals surface area contributed by atoms with E-state index in [1.807, 2.05) is 0 Å². The molecule has 2 aromatic rings. The Kier molecular flexibility index (Phi) is 3.80. The number of aryl methyl sites for hydroxylation is 1. The Hall–Kier alpha value is -1.69. The molecule has 2 heterocycles. The minimum absolute atomic E-state index is 0.276. The van der Waals surface area contributed by atoms with Gasteiger partial charge in [0, 0.05) is 24.7 Å². The second-order valence-electron chi connectivity index (χ2n) is 5.38. The van der Waals surface area contributed by atoms with E-state index in [0.29, 0.717) is 11.3 Å². The van der Waals surface area contributed by atoms with Crippen molar-refractivity contribution in [2.45, 2.75) is 25.4 Å². The number of benzene rings is 1. The normalized spacial score (nSPS) is 15.1. The topological polar surface area (TPSA) is 29.9 Å². The van der Waals surface area contributed by atoms with Crippen LogP contribution >= 0.6 is 11.6 Å². The highest BCUT2D eigenvalue weighted by atomic mass is 35.5. The van der Waals surface area contributed by atoms with Crippen LogP contribution in [0.1, 0.15) is 24.0 Å². The summed E-state index contributed by atoms with van der Waals surface area (Å²) in [6.45, 7) is 0.836. The molecule has 0 saturated heterocycles. The van der Waals surface area contributed by atoms with Crippen LogP contribution in [0.2, 0.25) is 5.02 Å². The van der Waals surface area contributed by atoms with Gasteiger partial charge in [0.25, 0.3) is 0 Å². The second-order valence-corrected chi connectivity index (χ2v) is 5.78. The summed E-state index contributed by atoms with van der Waals surface area (Å²) in [7, 11) is 1.78. The summed E-state index contributed by atoms with van der Waals surface area (Å²) in [5.41, 5.74) is 1.08. The predicted molar refractivity (Wildman–Crippen MR) is 80.1 cm³/mol. The van der Waals surface area contributed by atoms with Gasteiger partial charge in [-0.05, 0) is 37.5 Å². The zero-order valence-electron chi connectivity index (χ0n) is 12.0. The number of hydrogen-bond donors (Lipinski definition) is 1. The van der Waals surface area contributed by atoms with Crippen LogP contribution in [-0.4, -0.2) is 16.3 Å². The van der Waals surface area contributed by atoms with Gasteiger partial charge in [0.05, 0.1) is 16.3 Å². The molecule has 7 heteroatoms. The number of hydrogen-bond acceptors (Lipinski definition) is 2. The molecule has 0 saturated carbocycles. The summed E-state index contributed by atoms with van der Waals surface area (Å²) in [6, 6.07) is 3.35. The van der Waals surface area contributed by atoms with Crippen LogP contribution in [-0.2, 0) is 19.6 Å². The third kappa shape index (κ3) is 2.67. The number of alkyl halides is 3. The summed E-state index contributed by atoms with van der Waals surface area (Å²) >= 11 is 6.14. The Morgan fingerprint density at radius 1 is 1.27 bits per heavy atom. The molecule has 0 radical (unpaired) electrons. The SMILES string of the molecule is Cn1nc(-c2cc(C(F)(F)F)ccc2Cl)c2c1NCCCC2. The number of nitrogens with zero attached hydrogens (tertiary/aromatic N) is 2. The van der Waals surface area contributed by atoms with Crippen molar-refractivity contribution in [3.63, 3.8) is 0 Å². The molecule has 3 rings (SSSR count). The van der Waals surface area contributed by atoms with Crippen molar-refractivity contribution in [2.75, 3.05) is 11.9 Å². The first kappa shape index (κ1) is 15.2. The van der Waals surface area contributed by atoms with Crippen LogP contribution in [0, 0.1) is 0 Å². The lowest BCUT2D eigenvalue weighted by Gasteiger charge is -2.10. The van der Waals surface area contributed by atoms with Crippen LogP contribution in [0.15, 0.2) is 18.2 Å². The van der Waals surface area contributed by atoms with Gasteiger partial charge in [0.15, 0.2) is 0 Å². The zero-order valence-corrected chi connectivity index (χ0v) is 12.7. The Morgan fingerprint density at radius 2 is 2.05 bits per heavy atom. The number of aromatic nitrogens is 2. The van der Waals surface area contributed by atoms with Crippen molar-refractivity contribution in [1.29, 1.82) is 0 Å². The first-order valence-corrected chi connectivity index (χ1v) is 7.42. The number of anilines is 1. The lowest BCUT2D eigenvalue weighted by atomic mass is 10.0. The summed E-state index contributed by atoms with van der Waals surface area (Å²) in [6.07, 6.45) is -1.64. The van der Waals surface area contributed by atoms with Crippen molar-refractivity contribution in [3.05, 3.63) is 34.3 Å². The highest BCUT2D eigenvalue weighted by Gasteiger charge is 2.32. The Morgan fingerprint density at radius 3 is 2.77 bits per heavy atom. The van der Waals surface area contributed by atoms with Crippen molar-refractivity contribution >= 4 is 17.4 Å². The van der Waals surface area contributed by atoms with Gasteiger partial charge in [-0.1, -0.05) is 11.6 Å². The van der Waals surface area contributed by atoms with E-state index >= 15 is 0 Å². The van der Waals surface area contributed by atoms with Gasteiger partial charge in [-0.15, -0.1) is 0 Å². The van der Waals surface area contributed by atoms with Crippen LogP contribution < -0.4 is 5.32 Å². The molecule has 1 aromatic heterocycles. The number of rotatable bonds is 1. The molecule has 0 spiro atoms. The smallest absolute Gasteiger partial charge is 0.370 e. The maximum atomic E-state index is 12.9. The van der Waals surface area contributed by atoms with Crippen molar-refractivity contribution in [3.8, 4) is 11.3 Å². The third-order valence-electron chi connectivity index (χ3n) is 3.84. The highest BCUT2D eigenvalue weighted by molar-refractivity contribution is 6.33. The third-order valence-corrected chi connectivity index (χ3v) is 4.17. The summed E-state index contributed by atoms with van der Waals surface area (Å²) in [4.78, 5) is 0. The zero-order chi connectivity index (χ0) is 15.9. The van der Waals surface area contributed by atoms with Gasteiger partial charge >= 0.3 is 6.18 Å². The van der Waals surface area contributed by atoms with Gasteiger partial charge in [0.2, 0.25) is 0 Å². The van der Waals surface area contributed by atoms with E-state index in [4.69, 9.17) is 11.6 Å². The van der Waals surface area contributed by atoms with Crippen molar-refractivity contribution < 1.29 is 13.2 Å². The minimum Gasteiger partial charge on any atom is -0.370 e. The van der Waals surface area contributed by atoms with Crippen LogP contribution in [0.5, 0.6) is 0 Å². The fraction of sp³-hybridized carbons (Fsp3) is 0.400. The molecule has 0 unspecified atom stereocenters. The largest absolute Gasteiger partial charge is 0.416 e. The van der Waals surface area contributed by atoms with E-state index in [9.17, 15) is 13.2 Å². The van der Waals surface area contributed by atoms with Gasteiger partial charge in [-0.25, -0.2) is 0 Å². The lowest BCUT2D eigenvalue weighted by molar-refractivity contribution is -0.137. The van der Waals surface area contributed by atoms with E-state index in [-0.39, 0.29) is 5.02 Å². The standard InChI is InChI=1S/C15H15ClF3N3/c1-22-14-10(4-2-3-7-20-14)13(21-22)11-8-9(15(17,18)19)5-6-12(11)16/h5-6,8,20H,2-4,7H2,1H3. The number of fused-ring (bicyclic) bond motifs is 1. The maximum absolute atomic E-state index is 12.9. The van der Waals surface area contributed by atoms with Gasteiger partial charge < -0.3 is 5.32 Å². The molecule has 22 heavy (non-hydrogen) atoms. The van der Waals surface area contributed by atoms with E-state index in [2.05, 4.69) is 10.4 Å². The number of nitrogens with one attached hydrogen (secondary N) is 1. The van der Waals surface area contributed by atoms with Crippen molar-refractivity contribution in [1.82, 2.24) is 9.78 Å². The lowest BCUT2D eigenvalue weighted by Crippen LogP contribution is -2.05. The fourth-order valence-corrected chi connectivity index (χ4v) is 2.97. The fourth-order valence-electron chi connectivity index (χ4n) is 2.76. The molecular weight excluding hydrogens is 315 g/mol. The second kappa shape index (κ2) is 5.50. The van der Waals surface area contributed by atoms with Crippen molar-refractivity contribution in [2.24, 2.45) is 7.05 Å². The maximum Gasteiger partial charge on any atom is 0.416 e. The molecular formula is C15H15ClF3N3. The summed E-state index contributed by atoms with van der Waals surface area (Å²) in [5, 5.41) is 7.95.